The zero-order valence-corrected chi connectivity index (χ0v) is 10.6. The number of ether oxygens (including phenoxy) is 1. The van der Waals surface area contributed by atoms with Crippen molar-refractivity contribution in [2.75, 3.05) is 6.54 Å². The number of nitrogens with one attached hydrogen (secondary N) is 1. The number of hydrogen-bond acceptors (Lipinski definition) is 4. The first-order chi connectivity index (χ1) is 8.90. The van der Waals surface area contributed by atoms with Crippen LogP contribution in [0.4, 0.5) is 0 Å². The lowest BCUT2D eigenvalue weighted by Crippen LogP contribution is -2.14. The third-order valence-corrected chi connectivity index (χ3v) is 2.58. The molecule has 0 amide bonds. The Balaban J connectivity index is 1.87. The molecule has 18 heavy (non-hydrogen) atoms. The SMILES string of the molecule is CCCNCc1ccoc1COc1cccnc1. The zero-order chi connectivity index (χ0) is 12.6. The van der Waals surface area contributed by atoms with Gasteiger partial charge in [0.1, 0.15) is 18.1 Å². The summed E-state index contributed by atoms with van der Waals surface area (Å²) in [5.41, 5.74) is 1.15. The van der Waals surface area contributed by atoms with E-state index < -0.39 is 0 Å². The Morgan fingerprint density at radius 3 is 3.11 bits per heavy atom. The predicted octanol–water partition coefficient (Wildman–Crippen LogP) is 2.75. The summed E-state index contributed by atoms with van der Waals surface area (Å²) < 4.78 is 11.0. The van der Waals surface area contributed by atoms with Crippen molar-refractivity contribution in [2.24, 2.45) is 0 Å². The second-order valence-electron chi connectivity index (χ2n) is 4.02. The second kappa shape index (κ2) is 6.81. The van der Waals surface area contributed by atoms with E-state index in [4.69, 9.17) is 9.15 Å². The predicted molar refractivity (Wildman–Crippen MR) is 69.3 cm³/mol. The Kier molecular flexibility index (Phi) is 4.78. The number of furan rings is 1. The maximum absolute atomic E-state index is 5.61. The summed E-state index contributed by atoms with van der Waals surface area (Å²) in [6, 6.07) is 5.71. The molecular weight excluding hydrogens is 228 g/mol. The van der Waals surface area contributed by atoms with Crippen LogP contribution < -0.4 is 10.1 Å². The number of rotatable bonds is 7. The summed E-state index contributed by atoms with van der Waals surface area (Å²) in [7, 11) is 0. The van der Waals surface area contributed by atoms with E-state index in [1.807, 2.05) is 18.2 Å². The molecule has 0 aliphatic heterocycles. The Hall–Kier alpha value is -1.81. The maximum Gasteiger partial charge on any atom is 0.146 e. The van der Waals surface area contributed by atoms with E-state index in [2.05, 4.69) is 17.2 Å². The van der Waals surface area contributed by atoms with Crippen molar-refractivity contribution in [1.82, 2.24) is 10.3 Å². The van der Waals surface area contributed by atoms with Crippen molar-refractivity contribution in [3.8, 4) is 5.75 Å². The van der Waals surface area contributed by atoms with Crippen LogP contribution in [0, 0.1) is 0 Å². The molecule has 2 rings (SSSR count). The molecule has 0 aromatic carbocycles. The van der Waals surface area contributed by atoms with E-state index in [0.29, 0.717) is 6.61 Å². The zero-order valence-electron chi connectivity index (χ0n) is 10.6. The van der Waals surface area contributed by atoms with E-state index in [1.54, 1.807) is 18.7 Å². The summed E-state index contributed by atoms with van der Waals surface area (Å²) in [5, 5.41) is 3.35. The van der Waals surface area contributed by atoms with Crippen LogP contribution in [0.15, 0.2) is 41.3 Å². The van der Waals surface area contributed by atoms with Gasteiger partial charge in [-0.3, -0.25) is 4.98 Å². The Bertz CT molecular complexity index is 454. The van der Waals surface area contributed by atoms with Crippen molar-refractivity contribution >= 4 is 0 Å². The van der Waals surface area contributed by atoms with Gasteiger partial charge in [0.05, 0.1) is 12.5 Å². The molecule has 1 N–H and O–H groups in total. The minimum absolute atomic E-state index is 0.432. The fourth-order valence-electron chi connectivity index (χ4n) is 1.63. The standard InChI is InChI=1S/C14H18N2O2/c1-2-6-15-9-12-5-8-17-14(12)11-18-13-4-3-7-16-10-13/h3-5,7-8,10,15H,2,6,9,11H2,1H3. The van der Waals surface area contributed by atoms with E-state index in [0.717, 1.165) is 36.6 Å². The van der Waals surface area contributed by atoms with Crippen LogP contribution in [0.3, 0.4) is 0 Å². The van der Waals surface area contributed by atoms with E-state index >= 15 is 0 Å². The highest BCUT2D eigenvalue weighted by Crippen LogP contribution is 2.14. The lowest BCUT2D eigenvalue weighted by atomic mass is 10.2. The molecule has 0 atom stereocenters. The van der Waals surface area contributed by atoms with Crippen LogP contribution in [0.1, 0.15) is 24.7 Å². The summed E-state index contributed by atoms with van der Waals surface area (Å²) in [6.07, 6.45) is 6.24. The molecule has 2 aromatic heterocycles. The summed E-state index contributed by atoms with van der Waals surface area (Å²) in [6.45, 7) is 4.40. The Morgan fingerprint density at radius 2 is 2.33 bits per heavy atom. The van der Waals surface area contributed by atoms with Gasteiger partial charge in [-0.1, -0.05) is 6.92 Å². The summed E-state index contributed by atoms with van der Waals surface area (Å²) in [5.74, 6) is 1.61. The molecule has 96 valence electrons. The van der Waals surface area contributed by atoms with Gasteiger partial charge < -0.3 is 14.5 Å². The van der Waals surface area contributed by atoms with Crippen LogP contribution in [0.2, 0.25) is 0 Å². The molecule has 0 fully saturated rings. The van der Waals surface area contributed by atoms with Gasteiger partial charge in [-0.15, -0.1) is 0 Å². The monoisotopic (exact) mass is 246 g/mol. The third kappa shape index (κ3) is 3.60. The van der Waals surface area contributed by atoms with Crippen molar-refractivity contribution in [3.63, 3.8) is 0 Å². The van der Waals surface area contributed by atoms with Crippen molar-refractivity contribution in [2.45, 2.75) is 26.5 Å². The second-order valence-corrected chi connectivity index (χ2v) is 4.02. The van der Waals surface area contributed by atoms with E-state index in [-0.39, 0.29) is 0 Å². The number of aromatic nitrogens is 1. The van der Waals surface area contributed by atoms with Crippen LogP contribution in [0.5, 0.6) is 5.75 Å². The fraction of sp³-hybridized carbons (Fsp3) is 0.357. The molecule has 0 bridgehead atoms. The van der Waals surface area contributed by atoms with Crippen molar-refractivity contribution in [1.29, 1.82) is 0 Å². The average molecular weight is 246 g/mol. The molecule has 0 aliphatic carbocycles. The van der Waals surface area contributed by atoms with Gasteiger partial charge >= 0.3 is 0 Å². The molecular formula is C14H18N2O2. The Labute approximate surface area is 107 Å². The minimum Gasteiger partial charge on any atom is -0.484 e. The number of pyridine rings is 1. The number of hydrogen-bond donors (Lipinski definition) is 1. The first-order valence-electron chi connectivity index (χ1n) is 6.19. The van der Waals surface area contributed by atoms with Gasteiger partial charge in [-0.2, -0.15) is 0 Å². The Morgan fingerprint density at radius 1 is 1.39 bits per heavy atom. The lowest BCUT2D eigenvalue weighted by molar-refractivity contribution is 0.267. The minimum atomic E-state index is 0.432. The summed E-state index contributed by atoms with van der Waals surface area (Å²) >= 11 is 0. The lowest BCUT2D eigenvalue weighted by Gasteiger charge is -2.06. The first kappa shape index (κ1) is 12.6. The molecule has 2 heterocycles. The largest absolute Gasteiger partial charge is 0.484 e. The van der Waals surface area contributed by atoms with Crippen LogP contribution in [0.25, 0.3) is 0 Å². The molecule has 0 saturated carbocycles. The van der Waals surface area contributed by atoms with Gasteiger partial charge in [-0.05, 0) is 31.2 Å². The van der Waals surface area contributed by atoms with Gasteiger partial charge in [0.15, 0.2) is 0 Å². The van der Waals surface area contributed by atoms with E-state index in [9.17, 15) is 0 Å². The topological polar surface area (TPSA) is 47.3 Å². The molecule has 0 saturated heterocycles. The van der Waals surface area contributed by atoms with Crippen LogP contribution in [-0.4, -0.2) is 11.5 Å². The third-order valence-electron chi connectivity index (χ3n) is 2.58. The smallest absolute Gasteiger partial charge is 0.146 e. The molecule has 4 nitrogen and oxygen atoms in total. The maximum atomic E-state index is 5.61. The highest BCUT2D eigenvalue weighted by Gasteiger charge is 2.06. The van der Waals surface area contributed by atoms with Crippen LogP contribution >= 0.6 is 0 Å². The van der Waals surface area contributed by atoms with Gasteiger partial charge in [0.25, 0.3) is 0 Å². The van der Waals surface area contributed by atoms with Crippen molar-refractivity contribution in [3.05, 3.63) is 48.2 Å². The normalized spacial score (nSPS) is 10.5. The highest BCUT2D eigenvalue weighted by molar-refractivity contribution is 5.19. The average Bonchev–Trinajstić information content (AvgIpc) is 2.86. The van der Waals surface area contributed by atoms with Crippen LogP contribution in [-0.2, 0) is 13.2 Å². The first-order valence-corrected chi connectivity index (χ1v) is 6.19. The molecule has 0 aliphatic rings. The van der Waals surface area contributed by atoms with Gasteiger partial charge in [0, 0.05) is 18.3 Å². The molecule has 2 aromatic rings. The van der Waals surface area contributed by atoms with E-state index in [1.165, 1.54) is 0 Å². The quantitative estimate of drug-likeness (QED) is 0.763. The molecule has 4 heteroatoms. The summed E-state index contributed by atoms with van der Waals surface area (Å²) in [4.78, 5) is 4.00. The number of nitrogens with zero attached hydrogens (tertiary/aromatic N) is 1. The van der Waals surface area contributed by atoms with Gasteiger partial charge in [0.2, 0.25) is 0 Å². The highest BCUT2D eigenvalue weighted by atomic mass is 16.5. The fourth-order valence-corrected chi connectivity index (χ4v) is 1.63. The van der Waals surface area contributed by atoms with Crippen molar-refractivity contribution < 1.29 is 9.15 Å². The molecule has 0 unspecified atom stereocenters. The molecule has 0 radical (unpaired) electrons. The molecule has 0 spiro atoms. The van der Waals surface area contributed by atoms with Gasteiger partial charge in [-0.25, -0.2) is 0 Å².